The Bertz CT molecular complexity index is 72.2. The van der Waals surface area contributed by atoms with Crippen LogP contribution in [0.3, 0.4) is 0 Å². The van der Waals surface area contributed by atoms with Crippen LogP contribution < -0.4 is 0 Å². The fraction of sp³-hybridized carbons (Fsp3) is 0.500. The lowest BCUT2D eigenvalue weighted by Gasteiger charge is -1.87. The lowest BCUT2D eigenvalue weighted by Crippen LogP contribution is -1.76. The van der Waals surface area contributed by atoms with Crippen molar-refractivity contribution in [2.24, 2.45) is 5.92 Å². The van der Waals surface area contributed by atoms with Crippen molar-refractivity contribution in [1.29, 1.82) is 0 Å². The molecule has 7 heavy (non-hydrogen) atoms. The van der Waals surface area contributed by atoms with Crippen LogP contribution in [0.25, 0.3) is 0 Å². The van der Waals surface area contributed by atoms with E-state index in [1.807, 2.05) is 11.7 Å². The third-order valence-corrected chi connectivity index (χ3v) is 0.785. The van der Waals surface area contributed by atoms with Crippen molar-refractivity contribution >= 4 is 15.5 Å². The standard InChI is InChI=1S/C6H10Si/c1-6(2)4-3-5-7/h3-6H,1-2H3/b4-3+. The fourth-order valence-corrected chi connectivity index (χ4v) is 0.389. The van der Waals surface area contributed by atoms with Crippen LogP contribution in [-0.2, 0) is 0 Å². The second-order valence-corrected chi connectivity index (χ2v) is 2.13. The van der Waals surface area contributed by atoms with Gasteiger partial charge in [0, 0.05) is 9.85 Å². The summed E-state index contributed by atoms with van der Waals surface area (Å²) >= 11 is 0. The highest BCUT2D eigenvalue weighted by Gasteiger charge is 1.77. The maximum absolute atomic E-state index is 3.21. The predicted molar refractivity (Wildman–Crippen MR) is 35.8 cm³/mol. The lowest BCUT2D eigenvalue weighted by molar-refractivity contribution is 0.833. The van der Waals surface area contributed by atoms with Crippen molar-refractivity contribution in [3.05, 3.63) is 12.2 Å². The van der Waals surface area contributed by atoms with Crippen molar-refractivity contribution in [2.45, 2.75) is 13.8 Å². The Morgan fingerprint density at radius 1 is 1.43 bits per heavy atom. The molecule has 0 aliphatic carbocycles. The SMILES string of the molecule is CC(C)/C=C/C=[Si]. The van der Waals surface area contributed by atoms with E-state index in [1.54, 1.807) is 0 Å². The Labute approximate surface area is 48.3 Å². The van der Waals surface area contributed by atoms with E-state index in [2.05, 4.69) is 29.8 Å². The predicted octanol–water partition coefficient (Wildman–Crippen LogP) is 1.17. The van der Waals surface area contributed by atoms with Crippen LogP contribution in [-0.4, -0.2) is 15.5 Å². The van der Waals surface area contributed by atoms with Gasteiger partial charge in [0.15, 0.2) is 0 Å². The van der Waals surface area contributed by atoms with Gasteiger partial charge in [0.2, 0.25) is 0 Å². The smallest absolute Gasteiger partial charge is 0.0296 e. The first-order valence-electron chi connectivity index (χ1n) is 2.44. The van der Waals surface area contributed by atoms with Gasteiger partial charge in [0.05, 0.1) is 0 Å². The van der Waals surface area contributed by atoms with Crippen LogP contribution in [0.2, 0.25) is 0 Å². The zero-order valence-corrected chi connectivity index (χ0v) is 5.81. The summed E-state index contributed by atoms with van der Waals surface area (Å²) in [6.07, 6.45) is 4.11. The zero-order chi connectivity index (χ0) is 5.70. The summed E-state index contributed by atoms with van der Waals surface area (Å²) in [5, 5.41) is 0. The van der Waals surface area contributed by atoms with E-state index in [0.29, 0.717) is 5.92 Å². The molecule has 0 saturated heterocycles. The van der Waals surface area contributed by atoms with Crippen LogP contribution in [0.5, 0.6) is 0 Å². The number of allylic oxidation sites excluding steroid dienone is 2. The quantitative estimate of drug-likeness (QED) is 0.468. The zero-order valence-electron chi connectivity index (χ0n) is 4.81. The number of hydrogen-bond acceptors (Lipinski definition) is 0. The van der Waals surface area contributed by atoms with E-state index < -0.39 is 0 Å². The van der Waals surface area contributed by atoms with Crippen LogP contribution in [0.15, 0.2) is 12.2 Å². The second-order valence-electron chi connectivity index (χ2n) is 1.80. The highest BCUT2D eigenvalue weighted by atomic mass is 28.1. The molecule has 1 heteroatoms. The monoisotopic (exact) mass is 110 g/mol. The van der Waals surface area contributed by atoms with Crippen LogP contribution >= 0.6 is 0 Å². The molecule has 38 valence electrons. The third-order valence-electron chi connectivity index (χ3n) is 0.592. The normalized spacial score (nSPS) is 10.7. The first kappa shape index (κ1) is 6.83. The molecule has 0 heterocycles. The summed E-state index contributed by atoms with van der Waals surface area (Å²) < 4.78 is 0. The van der Waals surface area contributed by atoms with E-state index in [0.717, 1.165) is 0 Å². The average molecular weight is 110 g/mol. The number of hydrogen-bond donors (Lipinski definition) is 0. The van der Waals surface area contributed by atoms with E-state index in [4.69, 9.17) is 0 Å². The van der Waals surface area contributed by atoms with Gasteiger partial charge >= 0.3 is 0 Å². The molecule has 2 radical (unpaired) electrons. The van der Waals surface area contributed by atoms with Gasteiger partial charge in [0.1, 0.15) is 0 Å². The Kier molecular flexibility index (Phi) is 3.90. The van der Waals surface area contributed by atoms with E-state index in [9.17, 15) is 0 Å². The molecule has 0 saturated carbocycles. The van der Waals surface area contributed by atoms with E-state index >= 15 is 0 Å². The molecule has 0 rings (SSSR count). The third kappa shape index (κ3) is 5.83. The fourth-order valence-electron chi connectivity index (χ4n) is 0.278. The van der Waals surface area contributed by atoms with Crippen molar-refractivity contribution < 1.29 is 0 Å². The molecule has 0 unspecified atom stereocenters. The Morgan fingerprint density at radius 2 is 2.00 bits per heavy atom. The molecule has 0 fully saturated rings. The van der Waals surface area contributed by atoms with Crippen LogP contribution in [0, 0.1) is 5.92 Å². The molecule has 0 N–H and O–H groups in total. The van der Waals surface area contributed by atoms with Crippen LogP contribution in [0.1, 0.15) is 13.8 Å². The maximum Gasteiger partial charge on any atom is 0.0296 e. The largest absolute Gasteiger partial charge is 0.0824 e. The first-order chi connectivity index (χ1) is 3.27. The van der Waals surface area contributed by atoms with E-state index in [-0.39, 0.29) is 0 Å². The van der Waals surface area contributed by atoms with Crippen molar-refractivity contribution in [2.75, 3.05) is 0 Å². The summed E-state index contributed by atoms with van der Waals surface area (Å²) in [6.45, 7) is 4.29. The molecule has 0 aromatic heterocycles. The van der Waals surface area contributed by atoms with Gasteiger partial charge < -0.3 is 0 Å². The summed E-state index contributed by atoms with van der Waals surface area (Å²) in [7, 11) is 3.21. The first-order valence-corrected chi connectivity index (χ1v) is 3.02. The molecular formula is C6H10Si. The Morgan fingerprint density at radius 3 is 2.14 bits per heavy atom. The number of rotatable bonds is 2. The summed E-state index contributed by atoms with van der Waals surface area (Å²) in [4.78, 5) is 0. The molecule has 0 nitrogen and oxygen atoms in total. The average Bonchev–Trinajstić information content (AvgIpc) is 1.61. The minimum absolute atomic E-state index is 0.660. The lowest BCUT2D eigenvalue weighted by atomic mass is 10.2. The molecule has 0 spiro atoms. The summed E-state index contributed by atoms with van der Waals surface area (Å²) in [5.41, 5.74) is 1.85. The van der Waals surface area contributed by atoms with Crippen molar-refractivity contribution in [3.63, 3.8) is 0 Å². The van der Waals surface area contributed by atoms with Gasteiger partial charge in [-0.25, -0.2) is 0 Å². The highest BCUT2D eigenvalue weighted by Crippen LogP contribution is 1.90. The van der Waals surface area contributed by atoms with Gasteiger partial charge in [-0.3, -0.25) is 0 Å². The highest BCUT2D eigenvalue weighted by molar-refractivity contribution is 6.30. The minimum Gasteiger partial charge on any atom is -0.0824 e. The molecule has 0 aliphatic heterocycles. The molecule has 0 amide bonds. The maximum atomic E-state index is 3.21. The summed E-state index contributed by atoms with van der Waals surface area (Å²) in [5.74, 6) is 0.660. The topological polar surface area (TPSA) is 0 Å². The molecular weight excluding hydrogens is 100 g/mol. The molecule has 0 bridgehead atoms. The molecule has 0 aliphatic rings. The van der Waals surface area contributed by atoms with Crippen molar-refractivity contribution in [1.82, 2.24) is 0 Å². The molecule has 0 aromatic carbocycles. The van der Waals surface area contributed by atoms with Gasteiger partial charge in [-0.1, -0.05) is 31.7 Å². The molecule has 0 aromatic rings. The van der Waals surface area contributed by atoms with Gasteiger partial charge in [-0.05, 0) is 5.92 Å². The van der Waals surface area contributed by atoms with Crippen LogP contribution in [0.4, 0.5) is 0 Å². The van der Waals surface area contributed by atoms with E-state index in [1.165, 1.54) is 0 Å². The van der Waals surface area contributed by atoms with Crippen molar-refractivity contribution in [3.8, 4) is 0 Å². The second kappa shape index (κ2) is 4.00. The summed E-state index contributed by atoms with van der Waals surface area (Å²) in [6, 6.07) is 0. The Hall–Kier alpha value is -0.173. The van der Waals surface area contributed by atoms with Gasteiger partial charge in [-0.2, -0.15) is 0 Å². The Balaban J connectivity index is 3.25. The minimum atomic E-state index is 0.660. The van der Waals surface area contributed by atoms with Gasteiger partial charge in [-0.15, -0.1) is 0 Å². The van der Waals surface area contributed by atoms with Gasteiger partial charge in [0.25, 0.3) is 0 Å². The molecule has 0 atom stereocenters.